The Hall–Kier alpha value is -1.86. The summed E-state index contributed by atoms with van der Waals surface area (Å²) < 4.78 is 0. The van der Waals surface area contributed by atoms with Gasteiger partial charge in [-0.15, -0.1) is 0 Å². The number of nitrogens with zero attached hydrogens (tertiary/aromatic N) is 2. The maximum absolute atomic E-state index is 12.2. The Kier molecular flexibility index (Phi) is 4.18. The summed E-state index contributed by atoms with van der Waals surface area (Å²) in [7, 11) is 0. The van der Waals surface area contributed by atoms with Crippen molar-refractivity contribution >= 4 is 23.3 Å². The molecule has 2 rings (SSSR count). The van der Waals surface area contributed by atoms with Gasteiger partial charge in [0.05, 0.1) is 11.1 Å². The van der Waals surface area contributed by atoms with Crippen molar-refractivity contribution in [1.82, 2.24) is 4.90 Å². The van der Waals surface area contributed by atoms with Gasteiger partial charge in [-0.3, -0.25) is 9.59 Å². The molecule has 0 spiro atoms. The quantitative estimate of drug-likeness (QED) is 0.628. The van der Waals surface area contributed by atoms with E-state index in [0.29, 0.717) is 13.1 Å². The highest BCUT2D eigenvalue weighted by Crippen LogP contribution is 2.21. The van der Waals surface area contributed by atoms with E-state index >= 15 is 0 Å². The predicted molar refractivity (Wildman–Crippen MR) is 70.7 cm³/mol. The molecule has 0 N–H and O–H groups in total. The Morgan fingerprint density at radius 1 is 1.26 bits per heavy atom. The number of benzene rings is 1. The lowest BCUT2D eigenvalue weighted by Gasteiger charge is -2.18. The highest BCUT2D eigenvalue weighted by atomic mass is 35.5. The first-order chi connectivity index (χ1) is 9.15. The van der Waals surface area contributed by atoms with Crippen molar-refractivity contribution in [2.75, 3.05) is 13.1 Å². The van der Waals surface area contributed by atoms with Gasteiger partial charge in [0.1, 0.15) is 0 Å². The minimum atomic E-state index is -1.29. The summed E-state index contributed by atoms with van der Waals surface area (Å²) >= 11 is 5.93. The summed E-state index contributed by atoms with van der Waals surface area (Å²) in [6, 6.07) is 8.27. The van der Waals surface area contributed by atoms with Crippen LogP contribution in [0.25, 0.3) is 0 Å². The lowest BCUT2D eigenvalue weighted by atomic mass is 9.97. The number of ketones is 1. The molecular formula is C14H13ClN2O2. The number of halogens is 1. The smallest absolute Gasteiger partial charge is 0.247 e. The fraction of sp³-hybridized carbons (Fsp3) is 0.357. The van der Waals surface area contributed by atoms with Crippen molar-refractivity contribution in [2.24, 2.45) is 5.92 Å². The van der Waals surface area contributed by atoms with Crippen LogP contribution >= 0.6 is 11.6 Å². The molecule has 1 aromatic rings. The maximum Gasteiger partial charge on any atom is 0.247 e. The molecule has 0 unspecified atom stereocenters. The van der Waals surface area contributed by atoms with Gasteiger partial charge in [-0.25, -0.2) is 0 Å². The van der Waals surface area contributed by atoms with E-state index in [9.17, 15) is 9.59 Å². The second-order valence-corrected chi connectivity index (χ2v) is 4.85. The first-order valence-electron chi connectivity index (χ1n) is 6.12. The van der Waals surface area contributed by atoms with E-state index in [1.54, 1.807) is 29.2 Å². The van der Waals surface area contributed by atoms with Crippen LogP contribution in [0, 0.1) is 17.2 Å². The summed E-state index contributed by atoms with van der Waals surface area (Å²) in [5.74, 6) is -2.23. The van der Waals surface area contributed by atoms with Gasteiger partial charge in [-0.2, -0.15) is 5.26 Å². The van der Waals surface area contributed by atoms with E-state index < -0.39 is 17.6 Å². The third kappa shape index (κ3) is 2.77. The molecule has 4 nitrogen and oxygen atoms in total. The summed E-state index contributed by atoms with van der Waals surface area (Å²) in [4.78, 5) is 26.0. The van der Waals surface area contributed by atoms with E-state index in [1.807, 2.05) is 0 Å². The van der Waals surface area contributed by atoms with Crippen LogP contribution in [0.5, 0.6) is 0 Å². The lowest BCUT2D eigenvalue weighted by Crippen LogP contribution is -2.37. The van der Waals surface area contributed by atoms with Crippen LogP contribution < -0.4 is 0 Å². The molecule has 1 atom stereocenters. The number of hydrogen-bond acceptors (Lipinski definition) is 3. The fourth-order valence-electron chi connectivity index (χ4n) is 2.16. The molecule has 1 amide bonds. The van der Waals surface area contributed by atoms with Crippen LogP contribution in [-0.2, 0) is 4.79 Å². The van der Waals surface area contributed by atoms with E-state index in [-0.39, 0.29) is 10.6 Å². The Balaban J connectivity index is 2.23. The Morgan fingerprint density at radius 3 is 2.47 bits per heavy atom. The first-order valence-corrected chi connectivity index (χ1v) is 6.50. The molecule has 1 aliphatic heterocycles. The van der Waals surface area contributed by atoms with Gasteiger partial charge in [0, 0.05) is 18.7 Å². The zero-order valence-electron chi connectivity index (χ0n) is 10.3. The van der Waals surface area contributed by atoms with Crippen molar-refractivity contribution in [1.29, 1.82) is 5.26 Å². The van der Waals surface area contributed by atoms with Crippen molar-refractivity contribution in [3.63, 3.8) is 0 Å². The Morgan fingerprint density at radius 2 is 1.89 bits per heavy atom. The molecule has 0 aliphatic carbocycles. The average molecular weight is 277 g/mol. The van der Waals surface area contributed by atoms with Crippen molar-refractivity contribution in [3.8, 4) is 6.07 Å². The van der Waals surface area contributed by atoms with Crippen LogP contribution in [0.15, 0.2) is 24.3 Å². The van der Waals surface area contributed by atoms with Crippen LogP contribution in [0.1, 0.15) is 23.2 Å². The predicted octanol–water partition coefficient (Wildman–Crippen LogP) is 2.28. The Labute approximate surface area is 116 Å². The average Bonchev–Trinajstić information content (AvgIpc) is 2.93. The SMILES string of the molecule is N#C[C@H](C(=O)c1ccccc1Cl)C(=O)N1CCCC1. The van der Waals surface area contributed by atoms with Gasteiger partial charge in [0.2, 0.25) is 5.91 Å². The molecule has 0 saturated carbocycles. The number of carbonyl (C=O) groups is 2. The lowest BCUT2D eigenvalue weighted by molar-refractivity contribution is -0.131. The molecule has 1 aliphatic rings. The van der Waals surface area contributed by atoms with Gasteiger partial charge in [-0.1, -0.05) is 23.7 Å². The van der Waals surface area contributed by atoms with Gasteiger partial charge < -0.3 is 4.90 Å². The van der Waals surface area contributed by atoms with E-state index in [1.165, 1.54) is 6.07 Å². The van der Waals surface area contributed by atoms with Crippen molar-refractivity contribution < 1.29 is 9.59 Å². The maximum atomic E-state index is 12.2. The molecular weight excluding hydrogens is 264 g/mol. The molecule has 19 heavy (non-hydrogen) atoms. The topological polar surface area (TPSA) is 61.2 Å². The van der Waals surface area contributed by atoms with Gasteiger partial charge in [0.25, 0.3) is 0 Å². The highest BCUT2D eigenvalue weighted by molar-refractivity contribution is 6.34. The van der Waals surface area contributed by atoms with Crippen LogP contribution in [-0.4, -0.2) is 29.7 Å². The number of nitriles is 1. The molecule has 98 valence electrons. The Bertz CT molecular complexity index is 545. The first kappa shape index (κ1) is 13.6. The standard InChI is InChI=1S/C14H13ClN2O2/c15-12-6-2-1-5-10(12)13(18)11(9-16)14(19)17-7-3-4-8-17/h1-2,5-6,11H,3-4,7-8H2/t11-/m1/s1. The van der Waals surface area contributed by atoms with E-state index in [2.05, 4.69) is 0 Å². The largest absolute Gasteiger partial charge is 0.341 e. The number of rotatable bonds is 3. The third-order valence-corrected chi connectivity index (χ3v) is 3.52. The monoisotopic (exact) mass is 276 g/mol. The molecule has 0 radical (unpaired) electrons. The molecule has 1 fully saturated rings. The van der Waals surface area contributed by atoms with Crippen molar-refractivity contribution in [2.45, 2.75) is 12.8 Å². The van der Waals surface area contributed by atoms with Crippen LogP contribution in [0.2, 0.25) is 5.02 Å². The molecule has 5 heteroatoms. The van der Waals surface area contributed by atoms with Gasteiger partial charge in [-0.05, 0) is 25.0 Å². The normalized spacial score (nSPS) is 15.9. The summed E-state index contributed by atoms with van der Waals surface area (Å²) in [5.41, 5.74) is 0.225. The number of carbonyl (C=O) groups excluding carboxylic acids is 2. The van der Waals surface area contributed by atoms with Gasteiger partial charge >= 0.3 is 0 Å². The number of Topliss-reactive ketones (excluding diaryl/α,β-unsaturated/α-hetero) is 1. The van der Waals surface area contributed by atoms with Crippen molar-refractivity contribution in [3.05, 3.63) is 34.9 Å². The molecule has 1 saturated heterocycles. The highest BCUT2D eigenvalue weighted by Gasteiger charge is 2.33. The molecule has 1 aromatic carbocycles. The zero-order valence-corrected chi connectivity index (χ0v) is 11.1. The van der Waals surface area contributed by atoms with E-state index in [0.717, 1.165) is 12.8 Å². The zero-order chi connectivity index (χ0) is 13.8. The molecule has 0 aromatic heterocycles. The van der Waals surface area contributed by atoms with E-state index in [4.69, 9.17) is 16.9 Å². The third-order valence-electron chi connectivity index (χ3n) is 3.20. The number of likely N-dealkylation sites (tertiary alicyclic amines) is 1. The number of amides is 1. The second kappa shape index (κ2) is 5.85. The van der Waals surface area contributed by atoms with Gasteiger partial charge in [0.15, 0.2) is 11.7 Å². The minimum absolute atomic E-state index is 0.225. The second-order valence-electron chi connectivity index (χ2n) is 4.44. The van der Waals surface area contributed by atoms with Crippen LogP contribution in [0.4, 0.5) is 0 Å². The van der Waals surface area contributed by atoms with Crippen LogP contribution in [0.3, 0.4) is 0 Å². The summed E-state index contributed by atoms with van der Waals surface area (Å²) in [5, 5.41) is 9.38. The summed E-state index contributed by atoms with van der Waals surface area (Å²) in [6.45, 7) is 1.24. The summed E-state index contributed by atoms with van der Waals surface area (Å²) in [6.07, 6.45) is 1.84. The molecule has 0 bridgehead atoms. The number of hydrogen-bond donors (Lipinski definition) is 0. The minimum Gasteiger partial charge on any atom is -0.341 e. The molecule has 1 heterocycles. The fourth-order valence-corrected chi connectivity index (χ4v) is 2.39.